The van der Waals surface area contributed by atoms with E-state index in [1.807, 2.05) is 6.08 Å². The van der Waals surface area contributed by atoms with Crippen molar-refractivity contribution in [2.45, 2.75) is 386 Å². The Kier molecular flexibility index (Phi) is 67.2. The van der Waals surface area contributed by atoms with Crippen molar-refractivity contribution in [2.24, 2.45) is 0 Å². The SMILES string of the molecule is CC/C=C\C/C=C\C/C=C\C/C=C\CCCCCCCCCCCCCCCCCCCCCCC(=O)NC(CO)C(O)/C=C/CC/C=C/CCCCCCCCCCCCCCCCCCCCCCCCCCCCC. The van der Waals surface area contributed by atoms with Gasteiger partial charge in [0, 0.05) is 6.42 Å². The van der Waals surface area contributed by atoms with Gasteiger partial charge in [0.05, 0.1) is 18.8 Å². The number of carbonyl (C=O) groups excluding carboxylic acids is 1. The molecule has 3 N–H and O–H groups in total. The van der Waals surface area contributed by atoms with E-state index in [0.717, 1.165) is 57.8 Å². The molecule has 0 aromatic heterocycles. The second-order valence-corrected chi connectivity index (χ2v) is 23.9. The molecule has 1 amide bonds. The highest BCUT2D eigenvalue weighted by molar-refractivity contribution is 5.76. The van der Waals surface area contributed by atoms with Crippen molar-refractivity contribution in [1.29, 1.82) is 0 Å². The Hall–Kier alpha value is -2.17. The molecule has 0 aliphatic carbocycles. The monoisotopic (exact) mass is 1090 g/mol. The van der Waals surface area contributed by atoms with Crippen LogP contribution in [-0.2, 0) is 4.79 Å². The lowest BCUT2D eigenvalue weighted by molar-refractivity contribution is -0.123. The van der Waals surface area contributed by atoms with Crippen LogP contribution < -0.4 is 5.32 Å². The predicted molar refractivity (Wildman–Crippen MR) is 350 cm³/mol. The minimum Gasteiger partial charge on any atom is -0.394 e. The maximum atomic E-state index is 12.5. The van der Waals surface area contributed by atoms with Gasteiger partial charge in [-0.2, -0.15) is 0 Å². The Labute approximate surface area is 489 Å². The fourth-order valence-electron chi connectivity index (χ4n) is 10.9. The molecule has 0 saturated heterocycles. The first-order valence-electron chi connectivity index (χ1n) is 35.2. The summed E-state index contributed by atoms with van der Waals surface area (Å²) in [4.78, 5) is 12.5. The Morgan fingerprint density at radius 3 is 0.897 bits per heavy atom. The van der Waals surface area contributed by atoms with Crippen molar-refractivity contribution in [3.63, 3.8) is 0 Å². The summed E-state index contributed by atoms with van der Waals surface area (Å²) in [7, 11) is 0. The summed E-state index contributed by atoms with van der Waals surface area (Å²) in [6, 6.07) is -0.642. The Morgan fingerprint density at radius 1 is 0.321 bits per heavy atom. The molecule has 0 saturated carbocycles. The predicted octanol–water partition coefficient (Wildman–Crippen LogP) is 24.0. The highest BCUT2D eigenvalue weighted by Gasteiger charge is 2.18. The summed E-state index contributed by atoms with van der Waals surface area (Å²) >= 11 is 0. The topological polar surface area (TPSA) is 69.6 Å². The number of nitrogens with one attached hydrogen (secondary N) is 1. The fraction of sp³-hybridized carbons (Fsp3) is 0.824. The lowest BCUT2D eigenvalue weighted by atomic mass is 10.0. The van der Waals surface area contributed by atoms with E-state index in [9.17, 15) is 15.0 Å². The molecule has 0 bridgehead atoms. The van der Waals surface area contributed by atoms with Crippen molar-refractivity contribution in [1.82, 2.24) is 5.32 Å². The zero-order chi connectivity index (χ0) is 56.2. The van der Waals surface area contributed by atoms with Crippen LogP contribution >= 0.6 is 0 Å². The third-order valence-electron chi connectivity index (χ3n) is 16.2. The van der Waals surface area contributed by atoms with Gasteiger partial charge in [0.2, 0.25) is 5.91 Å². The molecular weight excluding hydrogens is 951 g/mol. The number of aliphatic hydroxyl groups excluding tert-OH is 2. The molecule has 456 valence electrons. The van der Waals surface area contributed by atoms with Crippen LogP contribution in [0.15, 0.2) is 72.9 Å². The fourth-order valence-corrected chi connectivity index (χ4v) is 10.9. The van der Waals surface area contributed by atoms with E-state index in [4.69, 9.17) is 0 Å². The number of carbonyl (C=O) groups is 1. The second kappa shape index (κ2) is 69.1. The first-order valence-corrected chi connectivity index (χ1v) is 35.2. The summed E-state index contributed by atoms with van der Waals surface area (Å²) < 4.78 is 0. The number of unbranched alkanes of at least 4 members (excludes halogenated alkanes) is 48. The van der Waals surface area contributed by atoms with Gasteiger partial charge in [-0.25, -0.2) is 0 Å². The summed E-state index contributed by atoms with van der Waals surface area (Å²) in [6.45, 7) is 4.22. The van der Waals surface area contributed by atoms with Gasteiger partial charge in [-0.1, -0.05) is 369 Å². The van der Waals surface area contributed by atoms with Crippen molar-refractivity contribution < 1.29 is 15.0 Å². The summed E-state index contributed by atoms with van der Waals surface area (Å²) in [6.07, 6.45) is 100. The van der Waals surface area contributed by atoms with Crippen molar-refractivity contribution >= 4 is 5.91 Å². The van der Waals surface area contributed by atoms with Crippen LogP contribution in [0.1, 0.15) is 373 Å². The molecular formula is C74H137NO3. The zero-order valence-corrected chi connectivity index (χ0v) is 52.7. The highest BCUT2D eigenvalue weighted by atomic mass is 16.3. The van der Waals surface area contributed by atoms with Crippen LogP contribution in [0, 0.1) is 0 Å². The van der Waals surface area contributed by atoms with Gasteiger partial charge in [-0.05, 0) is 70.6 Å². The van der Waals surface area contributed by atoms with Crippen molar-refractivity contribution in [3.8, 4) is 0 Å². The molecule has 0 aliphatic rings. The third kappa shape index (κ3) is 64.6. The van der Waals surface area contributed by atoms with Gasteiger partial charge in [0.15, 0.2) is 0 Å². The lowest BCUT2D eigenvalue weighted by Crippen LogP contribution is -2.45. The first kappa shape index (κ1) is 75.8. The Balaban J connectivity index is 3.46. The summed E-state index contributed by atoms with van der Waals surface area (Å²) in [5.41, 5.74) is 0. The molecule has 0 radical (unpaired) electrons. The Morgan fingerprint density at radius 2 is 0.577 bits per heavy atom. The van der Waals surface area contributed by atoms with Gasteiger partial charge in [0.1, 0.15) is 0 Å². The van der Waals surface area contributed by atoms with Crippen LogP contribution in [0.3, 0.4) is 0 Å². The highest BCUT2D eigenvalue weighted by Crippen LogP contribution is 2.19. The van der Waals surface area contributed by atoms with Gasteiger partial charge in [-0.3, -0.25) is 4.79 Å². The molecule has 2 unspecified atom stereocenters. The van der Waals surface area contributed by atoms with Gasteiger partial charge in [-0.15, -0.1) is 0 Å². The third-order valence-corrected chi connectivity index (χ3v) is 16.2. The molecule has 0 aliphatic heterocycles. The largest absolute Gasteiger partial charge is 0.394 e. The van der Waals surface area contributed by atoms with Crippen LogP contribution in [0.25, 0.3) is 0 Å². The van der Waals surface area contributed by atoms with Gasteiger partial charge in [0.25, 0.3) is 0 Å². The van der Waals surface area contributed by atoms with Gasteiger partial charge < -0.3 is 15.5 Å². The van der Waals surface area contributed by atoms with E-state index in [0.29, 0.717) is 6.42 Å². The summed E-state index contributed by atoms with van der Waals surface area (Å²) in [5, 5.41) is 23.3. The van der Waals surface area contributed by atoms with Crippen LogP contribution in [-0.4, -0.2) is 34.9 Å². The quantitative estimate of drug-likeness (QED) is 0.0420. The number of rotatable bonds is 65. The molecule has 78 heavy (non-hydrogen) atoms. The van der Waals surface area contributed by atoms with Crippen LogP contribution in [0.5, 0.6) is 0 Å². The minimum absolute atomic E-state index is 0.0685. The molecule has 0 heterocycles. The Bertz CT molecular complexity index is 1330. The van der Waals surface area contributed by atoms with E-state index in [-0.39, 0.29) is 12.5 Å². The van der Waals surface area contributed by atoms with E-state index in [2.05, 4.69) is 79.9 Å². The summed E-state index contributed by atoms with van der Waals surface area (Å²) in [5.74, 6) is -0.0685. The first-order chi connectivity index (χ1) is 38.7. The van der Waals surface area contributed by atoms with Gasteiger partial charge >= 0.3 is 0 Å². The number of amides is 1. The number of hydrogen-bond acceptors (Lipinski definition) is 3. The molecule has 4 heteroatoms. The molecule has 0 aromatic carbocycles. The lowest BCUT2D eigenvalue weighted by Gasteiger charge is -2.19. The average Bonchev–Trinajstić information content (AvgIpc) is 3.44. The normalized spacial score (nSPS) is 13.1. The van der Waals surface area contributed by atoms with Crippen LogP contribution in [0.4, 0.5) is 0 Å². The van der Waals surface area contributed by atoms with Crippen molar-refractivity contribution in [2.75, 3.05) is 6.61 Å². The zero-order valence-electron chi connectivity index (χ0n) is 52.7. The van der Waals surface area contributed by atoms with E-state index < -0.39 is 12.1 Å². The number of allylic oxidation sites excluding steroid dienone is 11. The number of hydrogen-bond donors (Lipinski definition) is 3. The average molecular weight is 1090 g/mol. The second-order valence-electron chi connectivity index (χ2n) is 23.9. The molecule has 0 aromatic rings. The maximum Gasteiger partial charge on any atom is 0.220 e. The minimum atomic E-state index is -0.866. The molecule has 0 fully saturated rings. The van der Waals surface area contributed by atoms with Crippen molar-refractivity contribution in [3.05, 3.63) is 72.9 Å². The smallest absolute Gasteiger partial charge is 0.220 e. The number of aliphatic hydroxyl groups is 2. The van der Waals surface area contributed by atoms with E-state index in [1.54, 1.807) is 6.08 Å². The van der Waals surface area contributed by atoms with E-state index >= 15 is 0 Å². The molecule has 2 atom stereocenters. The molecule has 4 nitrogen and oxygen atoms in total. The molecule has 0 spiro atoms. The standard InChI is InChI=1S/C74H137NO3/c1-3-5-7-9-11-13-15-17-19-21-23-25-27-29-31-33-35-37-39-41-43-45-47-49-51-53-55-57-59-61-63-65-67-69-73(77)72(71-76)75-74(78)70-68-66-64-62-60-58-56-54-52-50-48-46-44-42-40-38-36-34-32-30-28-26-24-22-20-18-16-14-12-10-8-6-4-2/h6,8,12,14,18,20,24,26,59,61,67,69,72-73,76-77H,3-5,7,9-11,13,15-17,19,21-23,25,27-58,60,62-66,68,70-71H2,1-2H3,(H,75,78)/b8-6-,14-12-,20-18-,26-24-,61-59+,69-67+. The maximum absolute atomic E-state index is 12.5. The molecule has 0 rings (SSSR count). The van der Waals surface area contributed by atoms with Crippen LogP contribution in [0.2, 0.25) is 0 Å². The van der Waals surface area contributed by atoms with E-state index in [1.165, 1.54) is 295 Å².